The van der Waals surface area contributed by atoms with Crippen molar-refractivity contribution in [2.75, 3.05) is 11.9 Å². The summed E-state index contributed by atoms with van der Waals surface area (Å²) in [7, 11) is 0. The molecular formula is C10H7ClF6N2O. The predicted molar refractivity (Wildman–Crippen MR) is 59.5 cm³/mol. The van der Waals surface area contributed by atoms with Crippen molar-refractivity contribution in [1.82, 2.24) is 5.32 Å². The fourth-order valence-electron chi connectivity index (χ4n) is 1.18. The molecule has 0 heterocycles. The van der Waals surface area contributed by atoms with Crippen LogP contribution in [0.1, 0.15) is 5.56 Å². The molecule has 0 fully saturated rings. The van der Waals surface area contributed by atoms with Gasteiger partial charge in [0.05, 0.1) is 5.56 Å². The molecule has 3 nitrogen and oxygen atoms in total. The van der Waals surface area contributed by atoms with Crippen molar-refractivity contribution in [3.8, 4) is 0 Å². The van der Waals surface area contributed by atoms with Gasteiger partial charge < -0.3 is 10.6 Å². The van der Waals surface area contributed by atoms with Gasteiger partial charge in [0.25, 0.3) is 0 Å². The third-order valence-electron chi connectivity index (χ3n) is 1.93. The van der Waals surface area contributed by atoms with Gasteiger partial charge in [-0.05, 0) is 18.2 Å². The van der Waals surface area contributed by atoms with Crippen LogP contribution in [0.4, 0.5) is 36.8 Å². The Kier molecular flexibility index (Phi) is 4.74. The van der Waals surface area contributed by atoms with Gasteiger partial charge in [0.15, 0.2) is 0 Å². The summed E-state index contributed by atoms with van der Waals surface area (Å²) in [6.07, 6.45) is -9.31. The second-order valence-corrected chi connectivity index (χ2v) is 4.09. The largest absolute Gasteiger partial charge is 0.416 e. The van der Waals surface area contributed by atoms with Crippen molar-refractivity contribution < 1.29 is 31.1 Å². The highest BCUT2D eigenvalue weighted by molar-refractivity contribution is 6.31. The maximum absolute atomic E-state index is 12.5. The van der Waals surface area contributed by atoms with Crippen molar-refractivity contribution >= 4 is 23.3 Å². The van der Waals surface area contributed by atoms with E-state index >= 15 is 0 Å². The Morgan fingerprint density at radius 1 is 1.10 bits per heavy atom. The van der Waals surface area contributed by atoms with Crippen LogP contribution in [-0.2, 0) is 6.18 Å². The van der Waals surface area contributed by atoms with Crippen molar-refractivity contribution in [3.63, 3.8) is 0 Å². The van der Waals surface area contributed by atoms with E-state index in [4.69, 9.17) is 11.6 Å². The lowest BCUT2D eigenvalue weighted by Gasteiger charge is -2.12. The Hall–Kier alpha value is -1.64. The normalized spacial score (nSPS) is 12.2. The molecule has 0 aliphatic carbocycles. The highest BCUT2D eigenvalue weighted by atomic mass is 35.5. The molecular weight excluding hydrogens is 314 g/mol. The van der Waals surface area contributed by atoms with Crippen molar-refractivity contribution in [3.05, 3.63) is 28.8 Å². The molecule has 1 aromatic carbocycles. The Labute approximate surface area is 113 Å². The minimum absolute atomic E-state index is 0.314. The fourth-order valence-corrected chi connectivity index (χ4v) is 1.42. The smallest absolute Gasteiger partial charge is 0.329 e. The number of alkyl halides is 6. The number of carbonyl (C=O) groups is 1. The molecule has 0 aliphatic rings. The van der Waals surface area contributed by atoms with E-state index < -0.39 is 30.5 Å². The number of benzene rings is 1. The molecule has 0 spiro atoms. The number of hydrogen-bond acceptors (Lipinski definition) is 1. The van der Waals surface area contributed by atoms with E-state index in [0.717, 1.165) is 6.07 Å². The maximum Gasteiger partial charge on any atom is 0.416 e. The molecule has 10 heteroatoms. The van der Waals surface area contributed by atoms with Crippen LogP contribution in [0.2, 0.25) is 5.02 Å². The Morgan fingerprint density at radius 3 is 2.20 bits per heavy atom. The van der Waals surface area contributed by atoms with Crippen LogP contribution in [0.25, 0.3) is 0 Å². The number of carbonyl (C=O) groups excluding carboxylic acids is 1. The lowest BCUT2D eigenvalue weighted by molar-refractivity contribution is -0.137. The summed E-state index contributed by atoms with van der Waals surface area (Å²) in [6, 6.07) is 0.862. The zero-order valence-corrected chi connectivity index (χ0v) is 10.2. The molecule has 1 aromatic rings. The molecule has 0 bridgehead atoms. The molecule has 112 valence electrons. The van der Waals surface area contributed by atoms with Crippen LogP contribution in [0.3, 0.4) is 0 Å². The van der Waals surface area contributed by atoms with Gasteiger partial charge in [0.2, 0.25) is 0 Å². The van der Waals surface area contributed by atoms with Crippen molar-refractivity contribution in [2.45, 2.75) is 12.4 Å². The van der Waals surface area contributed by atoms with Gasteiger partial charge in [0, 0.05) is 10.7 Å². The van der Waals surface area contributed by atoms with E-state index in [1.807, 2.05) is 5.32 Å². The van der Waals surface area contributed by atoms with E-state index in [0.29, 0.717) is 12.1 Å². The van der Waals surface area contributed by atoms with Crippen LogP contribution >= 0.6 is 11.6 Å². The van der Waals surface area contributed by atoms with E-state index in [1.165, 1.54) is 5.32 Å². The third kappa shape index (κ3) is 5.55. The monoisotopic (exact) mass is 320 g/mol. The molecule has 0 saturated carbocycles. The standard InChI is InChI=1S/C10H7ClF6N2O/c11-6-1-5(10(15,16)17)2-7(3-6)19-8(20)18-4-9(12,13)14/h1-3H,4H2,(H2,18,19,20). The zero-order chi connectivity index (χ0) is 15.6. The van der Waals surface area contributed by atoms with Gasteiger partial charge in [0.1, 0.15) is 6.54 Å². The summed E-state index contributed by atoms with van der Waals surface area (Å²) >= 11 is 5.44. The van der Waals surface area contributed by atoms with E-state index in [9.17, 15) is 31.1 Å². The number of nitrogens with one attached hydrogen (secondary N) is 2. The van der Waals surface area contributed by atoms with Crippen LogP contribution in [0, 0.1) is 0 Å². The molecule has 2 N–H and O–H groups in total. The Balaban J connectivity index is 2.78. The number of rotatable bonds is 2. The van der Waals surface area contributed by atoms with Crippen molar-refractivity contribution in [2.24, 2.45) is 0 Å². The summed E-state index contributed by atoms with van der Waals surface area (Å²) in [6.45, 7) is -1.61. The fraction of sp³-hybridized carbons (Fsp3) is 0.300. The third-order valence-corrected chi connectivity index (χ3v) is 2.15. The lowest BCUT2D eigenvalue weighted by Crippen LogP contribution is -2.36. The van der Waals surface area contributed by atoms with Gasteiger partial charge in [-0.25, -0.2) is 4.79 Å². The number of anilines is 1. The first kappa shape index (κ1) is 16.4. The SMILES string of the molecule is O=C(NCC(F)(F)F)Nc1cc(Cl)cc(C(F)(F)F)c1. The zero-order valence-electron chi connectivity index (χ0n) is 9.49. The number of amides is 2. The van der Waals surface area contributed by atoms with Gasteiger partial charge in [-0.15, -0.1) is 0 Å². The van der Waals surface area contributed by atoms with Crippen LogP contribution in [0.15, 0.2) is 18.2 Å². The number of hydrogen-bond donors (Lipinski definition) is 2. The summed E-state index contributed by atoms with van der Waals surface area (Å²) in [5.74, 6) is 0. The summed E-state index contributed by atoms with van der Waals surface area (Å²) in [5, 5.41) is 2.97. The van der Waals surface area contributed by atoms with Crippen molar-refractivity contribution in [1.29, 1.82) is 0 Å². The number of halogens is 7. The van der Waals surface area contributed by atoms with E-state index in [2.05, 4.69) is 0 Å². The Morgan fingerprint density at radius 2 is 1.70 bits per heavy atom. The molecule has 1 rings (SSSR count). The topological polar surface area (TPSA) is 41.1 Å². The molecule has 0 aliphatic heterocycles. The molecule has 0 radical (unpaired) electrons. The van der Waals surface area contributed by atoms with Gasteiger partial charge in [-0.1, -0.05) is 11.6 Å². The summed E-state index contributed by atoms with van der Waals surface area (Å²) < 4.78 is 72.8. The molecule has 0 aromatic heterocycles. The minimum atomic E-state index is -4.69. The second kappa shape index (κ2) is 5.78. The maximum atomic E-state index is 12.5. The van der Waals surface area contributed by atoms with E-state index in [1.54, 1.807) is 0 Å². The first-order valence-corrected chi connectivity index (χ1v) is 5.34. The Bertz CT molecular complexity index is 500. The second-order valence-electron chi connectivity index (χ2n) is 3.65. The minimum Gasteiger partial charge on any atom is -0.329 e. The van der Waals surface area contributed by atoms with Gasteiger partial charge in [-0.2, -0.15) is 26.3 Å². The summed E-state index contributed by atoms with van der Waals surface area (Å²) in [5.41, 5.74) is -1.50. The quantitative estimate of drug-likeness (QED) is 0.793. The predicted octanol–water partition coefficient (Wildman–Crippen LogP) is 4.04. The first-order valence-electron chi connectivity index (χ1n) is 4.97. The average molecular weight is 321 g/mol. The van der Waals surface area contributed by atoms with Crippen LogP contribution in [0.5, 0.6) is 0 Å². The molecule has 20 heavy (non-hydrogen) atoms. The van der Waals surface area contributed by atoms with Gasteiger partial charge >= 0.3 is 18.4 Å². The van der Waals surface area contributed by atoms with Crippen LogP contribution in [-0.4, -0.2) is 18.8 Å². The highest BCUT2D eigenvalue weighted by Gasteiger charge is 2.31. The average Bonchev–Trinajstić information content (AvgIpc) is 2.23. The van der Waals surface area contributed by atoms with Gasteiger partial charge in [-0.3, -0.25) is 0 Å². The summed E-state index contributed by atoms with van der Waals surface area (Å²) in [4.78, 5) is 11.1. The highest BCUT2D eigenvalue weighted by Crippen LogP contribution is 2.33. The lowest BCUT2D eigenvalue weighted by atomic mass is 10.2. The number of urea groups is 1. The van der Waals surface area contributed by atoms with E-state index in [-0.39, 0.29) is 10.7 Å². The molecule has 0 atom stereocenters. The molecule has 0 saturated heterocycles. The first-order chi connectivity index (χ1) is 8.97. The van der Waals surface area contributed by atoms with Crippen LogP contribution < -0.4 is 10.6 Å². The molecule has 0 unspecified atom stereocenters. The molecule has 2 amide bonds.